The van der Waals surface area contributed by atoms with Crippen LogP contribution in [0.4, 0.5) is 0 Å². The van der Waals surface area contributed by atoms with Crippen molar-refractivity contribution in [3.05, 3.63) is 0 Å². The first kappa shape index (κ1) is 11.9. The zero-order valence-corrected chi connectivity index (χ0v) is 8.25. The second-order valence-corrected chi connectivity index (χ2v) is 2.67. The van der Waals surface area contributed by atoms with Crippen LogP contribution < -0.4 is 0 Å². The normalized spacial score (nSPS) is 9.69. The molecular weight excluding hydrogens is 168 g/mol. The van der Waals surface area contributed by atoms with Gasteiger partial charge in [-0.15, -0.1) is 0 Å². The zero-order valence-electron chi connectivity index (χ0n) is 8.25. The molecule has 0 unspecified atom stereocenters. The highest BCUT2D eigenvalue weighted by molar-refractivity contribution is 5.69. The molecule has 0 saturated carbocycles. The first-order valence-electron chi connectivity index (χ1n) is 4.40. The van der Waals surface area contributed by atoms with Crippen LogP contribution in [0.1, 0.15) is 19.8 Å². The fraction of sp³-hybridized carbons (Fsp3) is 0.778. The van der Waals surface area contributed by atoms with Gasteiger partial charge in [-0.2, -0.15) is 5.26 Å². The molecule has 4 heteroatoms. The minimum Gasteiger partial charge on any atom is -0.469 e. The Kier molecular flexibility index (Phi) is 6.93. The van der Waals surface area contributed by atoms with Crippen LogP contribution in [-0.4, -0.2) is 37.6 Å². The van der Waals surface area contributed by atoms with Gasteiger partial charge in [0.25, 0.3) is 0 Å². The van der Waals surface area contributed by atoms with Gasteiger partial charge in [0.15, 0.2) is 0 Å². The van der Waals surface area contributed by atoms with E-state index in [2.05, 4.69) is 15.7 Å². The Balaban J connectivity index is 3.60. The zero-order chi connectivity index (χ0) is 10.1. The molecule has 0 radical (unpaired) electrons. The quantitative estimate of drug-likeness (QED) is 0.572. The van der Waals surface area contributed by atoms with Crippen molar-refractivity contribution in [2.75, 3.05) is 26.7 Å². The van der Waals surface area contributed by atoms with Gasteiger partial charge >= 0.3 is 5.97 Å². The van der Waals surface area contributed by atoms with Crippen molar-refractivity contribution in [3.63, 3.8) is 0 Å². The summed E-state index contributed by atoms with van der Waals surface area (Å²) in [6.45, 7) is 4.27. The maximum atomic E-state index is 10.8. The van der Waals surface area contributed by atoms with Gasteiger partial charge in [0.1, 0.15) is 0 Å². The van der Waals surface area contributed by atoms with E-state index >= 15 is 0 Å². The van der Waals surface area contributed by atoms with E-state index < -0.39 is 0 Å². The number of nitriles is 1. The summed E-state index contributed by atoms with van der Waals surface area (Å²) in [5, 5.41) is 8.37. The Morgan fingerprint density at radius 2 is 2.23 bits per heavy atom. The first-order valence-corrected chi connectivity index (χ1v) is 4.40. The Bertz CT molecular complexity index is 187. The molecule has 0 aliphatic rings. The lowest BCUT2D eigenvalue weighted by Crippen LogP contribution is -2.27. The molecule has 0 fully saturated rings. The number of hydrogen-bond donors (Lipinski definition) is 0. The van der Waals surface area contributed by atoms with Gasteiger partial charge in [-0.05, 0) is 6.54 Å². The van der Waals surface area contributed by atoms with Crippen LogP contribution >= 0.6 is 0 Å². The number of esters is 1. The molecule has 0 N–H and O–H groups in total. The lowest BCUT2D eigenvalue weighted by molar-refractivity contribution is -0.140. The molecule has 0 atom stereocenters. The van der Waals surface area contributed by atoms with Crippen LogP contribution in [0.15, 0.2) is 0 Å². The van der Waals surface area contributed by atoms with Crippen LogP contribution in [0.5, 0.6) is 0 Å². The summed E-state index contributed by atoms with van der Waals surface area (Å²) >= 11 is 0. The highest BCUT2D eigenvalue weighted by Gasteiger charge is 2.05. The summed E-state index contributed by atoms with van der Waals surface area (Å²) < 4.78 is 4.52. The second kappa shape index (κ2) is 7.56. The predicted octanol–water partition coefficient (Wildman–Crippen LogP) is 0.785. The highest BCUT2D eigenvalue weighted by Crippen LogP contribution is 1.94. The van der Waals surface area contributed by atoms with E-state index in [0.717, 1.165) is 13.1 Å². The van der Waals surface area contributed by atoms with Gasteiger partial charge in [-0.1, -0.05) is 6.92 Å². The van der Waals surface area contributed by atoms with E-state index in [1.807, 2.05) is 6.92 Å². The van der Waals surface area contributed by atoms with Crippen LogP contribution in [0.25, 0.3) is 0 Å². The molecule has 0 aliphatic heterocycles. The summed E-state index contributed by atoms with van der Waals surface area (Å²) in [7, 11) is 1.38. The average Bonchev–Trinajstić information content (AvgIpc) is 2.17. The van der Waals surface area contributed by atoms with E-state index in [9.17, 15) is 4.79 Å². The number of methoxy groups -OCH3 is 1. The molecule has 0 aromatic heterocycles. The molecule has 0 aromatic carbocycles. The second-order valence-electron chi connectivity index (χ2n) is 2.67. The Hall–Kier alpha value is -1.08. The van der Waals surface area contributed by atoms with Crippen LogP contribution in [0.2, 0.25) is 0 Å². The maximum Gasteiger partial charge on any atom is 0.306 e. The number of hydrogen-bond acceptors (Lipinski definition) is 4. The molecule has 0 rings (SSSR count). The maximum absolute atomic E-state index is 10.8. The molecule has 4 nitrogen and oxygen atoms in total. The van der Waals surface area contributed by atoms with E-state index in [1.165, 1.54) is 7.11 Å². The molecule has 0 saturated heterocycles. The predicted molar refractivity (Wildman–Crippen MR) is 49.0 cm³/mol. The van der Waals surface area contributed by atoms with Gasteiger partial charge in [-0.3, -0.25) is 4.79 Å². The Morgan fingerprint density at radius 3 is 2.69 bits per heavy atom. The van der Waals surface area contributed by atoms with E-state index in [1.54, 1.807) is 0 Å². The Morgan fingerprint density at radius 1 is 1.54 bits per heavy atom. The van der Waals surface area contributed by atoms with Crippen molar-refractivity contribution in [3.8, 4) is 6.07 Å². The van der Waals surface area contributed by atoms with E-state index in [-0.39, 0.29) is 5.97 Å². The van der Waals surface area contributed by atoms with Gasteiger partial charge in [0.2, 0.25) is 0 Å². The monoisotopic (exact) mass is 184 g/mol. The van der Waals surface area contributed by atoms with Gasteiger partial charge in [-0.25, -0.2) is 0 Å². The fourth-order valence-electron chi connectivity index (χ4n) is 0.988. The molecule has 0 aliphatic carbocycles. The first-order chi connectivity index (χ1) is 6.24. The summed E-state index contributed by atoms with van der Waals surface area (Å²) in [5.41, 5.74) is 0. The molecule has 0 spiro atoms. The molecule has 0 amide bonds. The summed E-state index contributed by atoms with van der Waals surface area (Å²) in [4.78, 5) is 12.8. The number of rotatable bonds is 6. The third-order valence-corrected chi connectivity index (χ3v) is 1.85. The SMILES string of the molecule is CCN(CCC#N)CCC(=O)OC. The number of nitrogens with zero attached hydrogens (tertiary/aromatic N) is 2. The van der Waals surface area contributed by atoms with Crippen molar-refractivity contribution in [2.24, 2.45) is 0 Å². The lowest BCUT2D eigenvalue weighted by atomic mass is 10.3. The van der Waals surface area contributed by atoms with Crippen LogP contribution in [-0.2, 0) is 9.53 Å². The van der Waals surface area contributed by atoms with Gasteiger partial charge in [0.05, 0.1) is 19.6 Å². The Labute approximate surface area is 79.1 Å². The van der Waals surface area contributed by atoms with Crippen molar-refractivity contribution in [1.82, 2.24) is 4.90 Å². The molecule has 13 heavy (non-hydrogen) atoms. The smallest absolute Gasteiger partial charge is 0.306 e. The standard InChI is InChI=1S/C9H16N2O2/c1-3-11(7-4-6-10)8-5-9(12)13-2/h3-5,7-8H2,1-2H3. The average molecular weight is 184 g/mol. The molecular formula is C9H16N2O2. The number of carbonyl (C=O) groups is 1. The number of carbonyl (C=O) groups excluding carboxylic acids is 1. The van der Waals surface area contributed by atoms with Crippen molar-refractivity contribution < 1.29 is 9.53 Å². The van der Waals surface area contributed by atoms with E-state index in [0.29, 0.717) is 19.4 Å². The lowest BCUT2D eigenvalue weighted by Gasteiger charge is -2.17. The minimum atomic E-state index is -0.199. The van der Waals surface area contributed by atoms with Crippen LogP contribution in [0, 0.1) is 11.3 Å². The molecule has 0 heterocycles. The van der Waals surface area contributed by atoms with Crippen molar-refractivity contribution in [1.29, 1.82) is 5.26 Å². The summed E-state index contributed by atoms with van der Waals surface area (Å²) in [6, 6.07) is 2.08. The summed E-state index contributed by atoms with van der Waals surface area (Å²) in [5.74, 6) is -0.199. The third kappa shape index (κ3) is 6.12. The molecule has 74 valence electrons. The van der Waals surface area contributed by atoms with Crippen molar-refractivity contribution >= 4 is 5.97 Å². The van der Waals surface area contributed by atoms with E-state index in [4.69, 9.17) is 5.26 Å². The largest absolute Gasteiger partial charge is 0.469 e. The highest BCUT2D eigenvalue weighted by atomic mass is 16.5. The molecule has 0 bridgehead atoms. The third-order valence-electron chi connectivity index (χ3n) is 1.85. The topological polar surface area (TPSA) is 53.3 Å². The van der Waals surface area contributed by atoms with Crippen LogP contribution in [0.3, 0.4) is 0 Å². The van der Waals surface area contributed by atoms with Crippen molar-refractivity contribution in [2.45, 2.75) is 19.8 Å². The molecule has 0 aromatic rings. The minimum absolute atomic E-state index is 0.199. The number of ether oxygens (including phenoxy) is 1. The van der Waals surface area contributed by atoms with Gasteiger partial charge < -0.3 is 9.64 Å². The van der Waals surface area contributed by atoms with Gasteiger partial charge in [0, 0.05) is 19.5 Å². The fourth-order valence-corrected chi connectivity index (χ4v) is 0.988. The summed E-state index contributed by atoms with van der Waals surface area (Å²) in [6.07, 6.45) is 0.908.